The van der Waals surface area contributed by atoms with E-state index in [1.807, 2.05) is 0 Å². The highest BCUT2D eigenvalue weighted by Gasteiger charge is 2.25. The van der Waals surface area contributed by atoms with E-state index in [4.69, 9.17) is 0 Å². The summed E-state index contributed by atoms with van der Waals surface area (Å²) in [6.45, 7) is 17.5. The van der Waals surface area contributed by atoms with E-state index >= 15 is 0 Å². The van der Waals surface area contributed by atoms with Gasteiger partial charge in [0.25, 0.3) is 0 Å². The summed E-state index contributed by atoms with van der Waals surface area (Å²) in [6, 6.07) is 0. The van der Waals surface area contributed by atoms with E-state index in [0.717, 1.165) is 11.1 Å². The van der Waals surface area contributed by atoms with Crippen LogP contribution < -0.4 is 0 Å². The molecule has 0 fully saturated rings. The van der Waals surface area contributed by atoms with Crippen LogP contribution in [0.2, 0.25) is 30.7 Å². The van der Waals surface area contributed by atoms with Crippen molar-refractivity contribution < 1.29 is 0 Å². The fourth-order valence-corrected chi connectivity index (χ4v) is 28.2. The molecule has 0 N–H and O–H groups in total. The summed E-state index contributed by atoms with van der Waals surface area (Å²) in [5.74, 6) is 0. The van der Waals surface area contributed by atoms with Crippen LogP contribution in [0.1, 0.15) is 27.7 Å². The molecule has 0 amide bonds. The molecule has 86 valence electrons. The van der Waals surface area contributed by atoms with Crippen LogP contribution >= 0.6 is 0 Å². The highest BCUT2D eigenvalue weighted by Crippen LogP contribution is 2.18. The van der Waals surface area contributed by atoms with Gasteiger partial charge in [-0.25, -0.2) is 0 Å². The zero-order chi connectivity index (χ0) is 11.3. The third-order valence-corrected chi connectivity index (χ3v) is 24.2. The van der Waals surface area contributed by atoms with Crippen molar-refractivity contribution in [2.75, 3.05) is 0 Å². The van der Waals surface area contributed by atoms with Gasteiger partial charge in [-0.2, -0.15) is 0 Å². The van der Waals surface area contributed by atoms with Crippen molar-refractivity contribution in [3.05, 3.63) is 0 Å². The minimum absolute atomic E-state index is 0.251. The Bertz CT molecular complexity index is 138. The molecule has 0 aromatic heterocycles. The minimum atomic E-state index is -0.531. The normalized spacial score (nSPS) is 18.4. The number of nitrogens with zero attached hydrogens (tertiary/aromatic N) is 1. The Hall–Kier alpha value is 0.828. The van der Waals surface area contributed by atoms with Crippen LogP contribution in [0.15, 0.2) is 0 Å². The van der Waals surface area contributed by atoms with Crippen molar-refractivity contribution >= 4 is 36.2 Å². The third kappa shape index (κ3) is 4.56. The fourth-order valence-electron chi connectivity index (χ4n) is 1.80. The van der Waals surface area contributed by atoms with E-state index in [9.17, 15) is 0 Å². The molecule has 0 aliphatic heterocycles. The molecule has 14 heavy (non-hydrogen) atoms. The van der Waals surface area contributed by atoms with E-state index in [2.05, 4.69) is 51.2 Å². The summed E-state index contributed by atoms with van der Waals surface area (Å²) >= 11 is 0. The van der Waals surface area contributed by atoms with Crippen LogP contribution in [0.25, 0.3) is 0 Å². The second-order valence-electron chi connectivity index (χ2n) is 5.21. The molecule has 2 unspecified atom stereocenters. The van der Waals surface area contributed by atoms with E-state index in [-0.39, 0.29) is 9.20 Å². The van der Waals surface area contributed by atoms with Crippen molar-refractivity contribution in [2.45, 2.75) is 58.4 Å². The summed E-state index contributed by atoms with van der Waals surface area (Å²) in [5, 5.41) is 0. The molecule has 0 heterocycles. The maximum Gasteiger partial charge on any atom is 0.0966 e. The predicted molar refractivity (Wildman–Crippen MR) is 81.0 cm³/mol. The van der Waals surface area contributed by atoms with Crippen molar-refractivity contribution in [3.8, 4) is 0 Å². The Labute approximate surface area is 98.6 Å². The number of hydrogen-bond donors (Lipinski definition) is 0. The van der Waals surface area contributed by atoms with Crippen molar-refractivity contribution in [1.82, 2.24) is 3.90 Å². The average molecular weight is 264 g/mol. The van der Waals surface area contributed by atoms with Gasteiger partial charge in [0.1, 0.15) is 0 Å². The fraction of sp³-hybridized carbons (Fsp3) is 1.00. The first-order valence-electron chi connectivity index (χ1n) is 6.17. The molecule has 0 bridgehead atoms. The molecule has 0 spiro atoms. The van der Waals surface area contributed by atoms with Crippen LogP contribution in [-0.4, -0.2) is 40.0 Å². The quantitative estimate of drug-likeness (QED) is 0.647. The van der Waals surface area contributed by atoms with Crippen LogP contribution in [0, 0.1) is 0 Å². The van der Waals surface area contributed by atoms with Crippen LogP contribution in [0.5, 0.6) is 0 Å². The summed E-state index contributed by atoms with van der Waals surface area (Å²) in [7, 11) is -0.459. The maximum absolute atomic E-state index is 3.14. The SMILES string of the molecule is C[SiH2][SiH2]N([SiH](C)C(C)C)[SiH](C)C(C)C. The van der Waals surface area contributed by atoms with Crippen molar-refractivity contribution in [1.29, 1.82) is 0 Å². The van der Waals surface area contributed by atoms with Crippen LogP contribution in [-0.2, 0) is 0 Å². The first-order chi connectivity index (χ1) is 6.41. The second kappa shape index (κ2) is 7.16. The molecular formula is C9H29NSi4. The van der Waals surface area contributed by atoms with Gasteiger partial charge in [0.15, 0.2) is 0 Å². The standard InChI is InChI=1S/C9H29NSi4/c1-8(2)13(6)10(12-11-5)14(7)9(3)4/h8-9,13-14H,11-12H2,1-7H3. The monoisotopic (exact) mass is 263 g/mol. The summed E-state index contributed by atoms with van der Waals surface area (Å²) in [4.78, 5) is 0. The summed E-state index contributed by atoms with van der Waals surface area (Å²) in [6.07, 6.45) is 0. The molecule has 0 aromatic rings. The summed E-state index contributed by atoms with van der Waals surface area (Å²) in [5.41, 5.74) is 1.97. The Morgan fingerprint density at radius 1 is 0.929 bits per heavy atom. The highest BCUT2D eigenvalue weighted by atomic mass is 29.2. The van der Waals surface area contributed by atoms with Gasteiger partial charge in [0.05, 0.1) is 27.1 Å². The van der Waals surface area contributed by atoms with Gasteiger partial charge in [-0.1, -0.05) is 47.3 Å². The second-order valence-corrected chi connectivity index (χ2v) is 20.7. The van der Waals surface area contributed by atoms with Gasteiger partial charge in [0.2, 0.25) is 0 Å². The number of hydrogen-bond acceptors (Lipinski definition) is 1. The van der Waals surface area contributed by atoms with Crippen LogP contribution in [0.3, 0.4) is 0 Å². The highest BCUT2D eigenvalue weighted by molar-refractivity contribution is 7.06. The van der Waals surface area contributed by atoms with E-state index < -0.39 is 17.9 Å². The smallest absolute Gasteiger partial charge is 0.0966 e. The molecule has 0 aliphatic rings. The molecule has 0 saturated heterocycles. The first kappa shape index (κ1) is 14.8. The minimum Gasteiger partial charge on any atom is -0.380 e. The van der Waals surface area contributed by atoms with Gasteiger partial charge in [-0.05, 0) is 11.1 Å². The van der Waals surface area contributed by atoms with Gasteiger partial charge in [-0.15, -0.1) is 0 Å². The molecule has 2 atom stereocenters. The molecule has 0 aliphatic carbocycles. The summed E-state index contributed by atoms with van der Waals surface area (Å²) < 4.78 is 3.14. The number of rotatable bonds is 6. The molecule has 0 saturated carbocycles. The largest absolute Gasteiger partial charge is 0.380 e. The van der Waals surface area contributed by atoms with Gasteiger partial charge in [-0.3, -0.25) is 0 Å². The average Bonchev–Trinajstić information content (AvgIpc) is 2.11. The van der Waals surface area contributed by atoms with Crippen LogP contribution in [0.4, 0.5) is 0 Å². The zero-order valence-corrected chi connectivity index (χ0v) is 16.3. The molecule has 0 aromatic carbocycles. The lowest BCUT2D eigenvalue weighted by Crippen LogP contribution is -2.52. The maximum atomic E-state index is 3.14. The van der Waals surface area contributed by atoms with E-state index in [1.165, 1.54) is 0 Å². The Kier molecular flexibility index (Phi) is 7.58. The molecular weight excluding hydrogens is 234 g/mol. The molecule has 5 heteroatoms. The first-order valence-corrected chi connectivity index (χ1v) is 16.9. The lowest BCUT2D eigenvalue weighted by Gasteiger charge is -2.37. The lowest BCUT2D eigenvalue weighted by molar-refractivity contribution is 0.872. The Balaban J connectivity index is 4.41. The zero-order valence-electron chi connectivity index (χ0n) is 11.2. The van der Waals surface area contributed by atoms with E-state index in [0.29, 0.717) is 9.04 Å². The Morgan fingerprint density at radius 2 is 1.29 bits per heavy atom. The Morgan fingerprint density at radius 3 is 1.50 bits per heavy atom. The van der Waals surface area contributed by atoms with Crippen molar-refractivity contribution in [3.63, 3.8) is 0 Å². The van der Waals surface area contributed by atoms with Gasteiger partial charge < -0.3 is 3.90 Å². The lowest BCUT2D eigenvalue weighted by atomic mass is 10.6. The van der Waals surface area contributed by atoms with E-state index in [1.54, 1.807) is 0 Å². The predicted octanol–water partition coefficient (Wildman–Crippen LogP) is 1.03. The third-order valence-electron chi connectivity index (χ3n) is 3.46. The van der Waals surface area contributed by atoms with Gasteiger partial charge in [0, 0.05) is 9.04 Å². The van der Waals surface area contributed by atoms with Crippen molar-refractivity contribution in [2.24, 2.45) is 0 Å². The molecule has 0 radical (unpaired) electrons. The van der Waals surface area contributed by atoms with Gasteiger partial charge >= 0.3 is 0 Å². The molecule has 1 nitrogen and oxygen atoms in total. The molecule has 0 rings (SSSR count). The topological polar surface area (TPSA) is 3.24 Å².